The first kappa shape index (κ1) is 5.92. The molecule has 1 aromatic rings. The molecule has 3 heteroatoms. The summed E-state index contributed by atoms with van der Waals surface area (Å²) in [5, 5.41) is 4.21. The molecule has 1 saturated heterocycles. The van der Waals surface area contributed by atoms with Crippen molar-refractivity contribution in [2.75, 3.05) is 6.61 Å². The lowest BCUT2D eigenvalue weighted by atomic mass is 10.2. The summed E-state index contributed by atoms with van der Waals surface area (Å²) >= 11 is 0. The van der Waals surface area contributed by atoms with Crippen molar-refractivity contribution in [3.05, 3.63) is 17.5 Å². The molecule has 10 heavy (non-hydrogen) atoms. The summed E-state index contributed by atoms with van der Waals surface area (Å²) in [6.45, 7) is 2.88. The second-order valence-electron chi connectivity index (χ2n) is 2.67. The van der Waals surface area contributed by atoms with E-state index in [1.165, 1.54) is 5.56 Å². The first-order valence-corrected chi connectivity index (χ1v) is 3.39. The number of aromatic nitrogens is 2. The Labute approximate surface area is 59.6 Å². The molecule has 54 valence electrons. The predicted octanol–water partition coefficient (Wildman–Crippen LogP) is 0.800. The van der Waals surface area contributed by atoms with Gasteiger partial charge in [0.2, 0.25) is 0 Å². The Bertz CT molecular complexity index is 250. The molecule has 0 aliphatic carbocycles. The van der Waals surface area contributed by atoms with Gasteiger partial charge in [-0.25, -0.2) is 0 Å². The maximum absolute atomic E-state index is 5.14. The summed E-state index contributed by atoms with van der Waals surface area (Å²) in [6.07, 6.45) is 2.36. The molecule has 1 atom stereocenters. The van der Waals surface area contributed by atoms with Gasteiger partial charge in [-0.1, -0.05) is 0 Å². The van der Waals surface area contributed by atoms with Crippen LogP contribution >= 0.6 is 0 Å². The fourth-order valence-corrected chi connectivity index (χ4v) is 1.16. The van der Waals surface area contributed by atoms with Crippen molar-refractivity contribution in [3.63, 3.8) is 0 Å². The lowest BCUT2D eigenvalue weighted by molar-refractivity contribution is 0.415. The second-order valence-corrected chi connectivity index (χ2v) is 2.67. The average molecular weight is 138 g/mol. The smallest absolute Gasteiger partial charge is 0.109 e. The molecule has 1 aliphatic heterocycles. The van der Waals surface area contributed by atoms with E-state index in [1.54, 1.807) is 0 Å². The van der Waals surface area contributed by atoms with Gasteiger partial charge in [0.15, 0.2) is 0 Å². The topological polar surface area (TPSA) is 30.4 Å². The molecule has 0 radical (unpaired) electrons. The largest absolute Gasteiger partial charge is 0.368 e. The molecule has 0 saturated carbocycles. The van der Waals surface area contributed by atoms with Crippen LogP contribution in [-0.4, -0.2) is 16.4 Å². The average Bonchev–Trinajstić information content (AvgIpc) is 2.61. The maximum Gasteiger partial charge on any atom is 0.109 e. The van der Waals surface area contributed by atoms with Crippen molar-refractivity contribution in [1.29, 1.82) is 0 Å². The molecule has 0 amide bonds. The summed E-state index contributed by atoms with van der Waals surface area (Å²) in [7, 11) is 1.93. The van der Waals surface area contributed by atoms with Gasteiger partial charge in [0, 0.05) is 18.8 Å². The lowest BCUT2D eigenvalue weighted by Crippen LogP contribution is -1.86. The normalized spacial score (nSPS) is 23.2. The third-order valence-electron chi connectivity index (χ3n) is 1.73. The molecule has 2 rings (SSSR count). The van der Waals surface area contributed by atoms with Gasteiger partial charge in [-0.3, -0.25) is 4.68 Å². The molecular formula is C7H10N2O. The van der Waals surface area contributed by atoms with Gasteiger partial charge in [0.05, 0.1) is 12.3 Å². The molecular weight excluding hydrogens is 128 g/mol. The van der Waals surface area contributed by atoms with Crippen molar-refractivity contribution in [1.82, 2.24) is 9.78 Å². The number of aryl methyl sites for hydroxylation is 2. The van der Waals surface area contributed by atoms with E-state index >= 15 is 0 Å². The van der Waals surface area contributed by atoms with Crippen molar-refractivity contribution in [2.45, 2.75) is 13.0 Å². The zero-order valence-corrected chi connectivity index (χ0v) is 6.16. The number of epoxide rings is 1. The van der Waals surface area contributed by atoms with Crippen molar-refractivity contribution in [3.8, 4) is 0 Å². The van der Waals surface area contributed by atoms with Gasteiger partial charge in [-0.2, -0.15) is 5.10 Å². The third kappa shape index (κ3) is 0.827. The van der Waals surface area contributed by atoms with Crippen molar-refractivity contribution in [2.24, 2.45) is 7.05 Å². The molecule has 0 spiro atoms. The Hall–Kier alpha value is -0.830. The molecule has 3 nitrogen and oxygen atoms in total. The van der Waals surface area contributed by atoms with Crippen LogP contribution in [0.2, 0.25) is 0 Å². The Morgan fingerprint density at radius 3 is 2.90 bits per heavy atom. The zero-order valence-electron chi connectivity index (χ0n) is 6.16. The van der Waals surface area contributed by atoms with Crippen molar-refractivity contribution < 1.29 is 4.74 Å². The van der Waals surface area contributed by atoms with E-state index in [1.807, 2.05) is 24.9 Å². The van der Waals surface area contributed by atoms with Crippen LogP contribution in [0.3, 0.4) is 0 Å². The van der Waals surface area contributed by atoms with Crippen molar-refractivity contribution >= 4 is 0 Å². The van der Waals surface area contributed by atoms with Crippen LogP contribution < -0.4 is 0 Å². The van der Waals surface area contributed by atoms with Crippen LogP contribution in [0.5, 0.6) is 0 Å². The standard InChI is InChI=1S/C7H10N2O/c1-5-6(7-4-10-7)3-9(2)8-5/h3,7H,4H2,1-2H3/t7-/m0/s1. The number of hydrogen-bond donors (Lipinski definition) is 0. The molecule has 0 unspecified atom stereocenters. The van der Waals surface area contributed by atoms with Crippen LogP contribution in [-0.2, 0) is 11.8 Å². The summed E-state index contributed by atoms with van der Waals surface area (Å²) in [5.41, 5.74) is 2.33. The van der Waals surface area contributed by atoms with Gasteiger partial charge in [0.1, 0.15) is 6.10 Å². The molecule has 0 aromatic carbocycles. The van der Waals surface area contributed by atoms with Crippen LogP contribution in [0, 0.1) is 6.92 Å². The first-order valence-electron chi connectivity index (χ1n) is 3.39. The van der Waals surface area contributed by atoms with Crippen LogP contribution in [0.1, 0.15) is 17.4 Å². The van der Waals surface area contributed by atoms with E-state index < -0.39 is 0 Å². The van der Waals surface area contributed by atoms with E-state index in [4.69, 9.17) is 4.74 Å². The highest BCUT2D eigenvalue weighted by Crippen LogP contribution is 2.30. The quantitative estimate of drug-likeness (QED) is 0.537. The Kier molecular flexibility index (Phi) is 1.08. The molecule has 0 N–H and O–H groups in total. The number of ether oxygens (including phenoxy) is 1. The van der Waals surface area contributed by atoms with Crippen LogP contribution in [0.25, 0.3) is 0 Å². The highest BCUT2D eigenvalue weighted by atomic mass is 16.6. The second kappa shape index (κ2) is 1.83. The van der Waals surface area contributed by atoms with Crippen LogP contribution in [0.4, 0.5) is 0 Å². The molecule has 1 aromatic heterocycles. The number of hydrogen-bond acceptors (Lipinski definition) is 2. The van der Waals surface area contributed by atoms with Gasteiger partial charge >= 0.3 is 0 Å². The maximum atomic E-state index is 5.14. The minimum absolute atomic E-state index is 0.341. The molecule has 1 aliphatic rings. The van der Waals surface area contributed by atoms with Crippen LogP contribution in [0.15, 0.2) is 6.20 Å². The van der Waals surface area contributed by atoms with Gasteiger partial charge in [-0.15, -0.1) is 0 Å². The third-order valence-corrected chi connectivity index (χ3v) is 1.73. The lowest BCUT2D eigenvalue weighted by Gasteiger charge is -1.85. The fourth-order valence-electron chi connectivity index (χ4n) is 1.16. The molecule has 2 heterocycles. The molecule has 0 bridgehead atoms. The zero-order chi connectivity index (χ0) is 7.14. The summed E-state index contributed by atoms with van der Waals surface area (Å²) in [5.74, 6) is 0. The number of nitrogens with zero attached hydrogens (tertiary/aromatic N) is 2. The highest BCUT2D eigenvalue weighted by Gasteiger charge is 2.27. The SMILES string of the molecule is Cc1nn(C)cc1[C@@H]1CO1. The monoisotopic (exact) mass is 138 g/mol. The predicted molar refractivity (Wildman–Crippen MR) is 36.6 cm³/mol. The Morgan fingerprint density at radius 1 is 1.80 bits per heavy atom. The van der Waals surface area contributed by atoms with E-state index in [2.05, 4.69) is 5.10 Å². The van der Waals surface area contributed by atoms with Gasteiger partial charge in [-0.05, 0) is 6.92 Å². The summed E-state index contributed by atoms with van der Waals surface area (Å²) < 4.78 is 6.96. The fraction of sp³-hybridized carbons (Fsp3) is 0.571. The van der Waals surface area contributed by atoms with Gasteiger partial charge in [0.25, 0.3) is 0 Å². The van der Waals surface area contributed by atoms with E-state index in [9.17, 15) is 0 Å². The Morgan fingerprint density at radius 2 is 2.50 bits per heavy atom. The minimum Gasteiger partial charge on any atom is -0.368 e. The summed E-state index contributed by atoms with van der Waals surface area (Å²) in [6, 6.07) is 0. The first-order chi connectivity index (χ1) is 4.77. The minimum atomic E-state index is 0.341. The number of rotatable bonds is 1. The highest BCUT2D eigenvalue weighted by molar-refractivity contribution is 5.21. The van der Waals surface area contributed by atoms with E-state index in [0.717, 1.165) is 12.3 Å². The van der Waals surface area contributed by atoms with E-state index in [-0.39, 0.29) is 0 Å². The molecule has 1 fully saturated rings. The van der Waals surface area contributed by atoms with Gasteiger partial charge < -0.3 is 4.74 Å². The Balaban J connectivity index is 2.38. The summed E-state index contributed by atoms with van der Waals surface area (Å²) in [4.78, 5) is 0. The van der Waals surface area contributed by atoms with E-state index in [0.29, 0.717) is 6.10 Å².